The minimum atomic E-state index is -0.341. The molecule has 0 bridgehead atoms. The number of carbonyl (C=O) groups excluding carboxylic acids is 1. The van der Waals surface area contributed by atoms with Gasteiger partial charge in [0.25, 0.3) is 0 Å². The number of carbonyl (C=O) groups is 1. The summed E-state index contributed by atoms with van der Waals surface area (Å²) < 4.78 is 11.3. The lowest BCUT2D eigenvalue weighted by atomic mass is 10.0. The van der Waals surface area contributed by atoms with Crippen molar-refractivity contribution < 1.29 is 13.9 Å². The summed E-state index contributed by atoms with van der Waals surface area (Å²) in [6.07, 6.45) is 1.77. The van der Waals surface area contributed by atoms with Crippen LogP contribution in [0.1, 0.15) is 11.3 Å². The predicted molar refractivity (Wildman–Crippen MR) is 110 cm³/mol. The smallest absolute Gasteiger partial charge is 0.315 e. The molecule has 4 heteroatoms. The van der Waals surface area contributed by atoms with Crippen LogP contribution in [0.5, 0.6) is 5.75 Å². The Labute approximate surface area is 161 Å². The highest BCUT2D eigenvalue weighted by atomic mass is 16.5. The minimum absolute atomic E-state index is 0.128. The van der Waals surface area contributed by atoms with Gasteiger partial charge in [0.05, 0.1) is 12.7 Å². The highest BCUT2D eigenvalue weighted by Crippen LogP contribution is 2.31. The molecular weight excluding hydrogens is 350 g/mol. The average molecular weight is 367 g/mol. The molecule has 0 fully saturated rings. The van der Waals surface area contributed by atoms with Crippen molar-refractivity contribution in [2.45, 2.75) is 13.3 Å². The third-order valence-electron chi connectivity index (χ3n) is 4.92. The number of hydrogen-bond acceptors (Lipinski definition) is 4. The lowest BCUT2D eigenvalue weighted by molar-refractivity contribution is -0.133. The predicted octanol–water partition coefficient (Wildman–Crippen LogP) is 5.59. The molecule has 2 aromatic heterocycles. The number of ether oxygens (including phenoxy) is 1. The number of pyridine rings is 1. The van der Waals surface area contributed by atoms with Crippen molar-refractivity contribution in [3.8, 4) is 5.75 Å². The number of hydrogen-bond donors (Lipinski definition) is 0. The van der Waals surface area contributed by atoms with Crippen LogP contribution in [-0.2, 0) is 11.2 Å². The van der Waals surface area contributed by atoms with Gasteiger partial charge in [-0.3, -0.25) is 4.79 Å². The summed E-state index contributed by atoms with van der Waals surface area (Å²) in [7, 11) is 0. The van der Waals surface area contributed by atoms with Crippen LogP contribution in [0, 0.1) is 6.92 Å². The number of rotatable bonds is 3. The molecule has 0 N–H and O–H groups in total. The second-order valence-corrected chi connectivity index (χ2v) is 6.85. The monoisotopic (exact) mass is 367 g/mol. The van der Waals surface area contributed by atoms with Gasteiger partial charge >= 0.3 is 5.97 Å². The van der Waals surface area contributed by atoms with Crippen LogP contribution in [-0.4, -0.2) is 11.0 Å². The van der Waals surface area contributed by atoms with Gasteiger partial charge in [0.15, 0.2) is 5.75 Å². The molecule has 2 heterocycles. The van der Waals surface area contributed by atoms with E-state index in [0.29, 0.717) is 11.3 Å². The SMILES string of the molecule is Cc1ccc2cccc(OC(=O)Cc3coc4ccc5ccccc5c34)c2n1. The molecule has 136 valence electrons. The summed E-state index contributed by atoms with van der Waals surface area (Å²) in [5.41, 5.74) is 3.16. The van der Waals surface area contributed by atoms with Crippen LogP contribution in [0.15, 0.2) is 77.4 Å². The lowest BCUT2D eigenvalue weighted by Gasteiger charge is -2.08. The maximum atomic E-state index is 12.7. The molecular formula is C24H17NO3. The fraction of sp³-hybridized carbons (Fsp3) is 0.0833. The Morgan fingerprint density at radius 1 is 0.964 bits per heavy atom. The number of aromatic nitrogens is 1. The van der Waals surface area contributed by atoms with E-state index in [2.05, 4.69) is 4.98 Å². The molecule has 0 radical (unpaired) electrons. The van der Waals surface area contributed by atoms with Crippen LogP contribution >= 0.6 is 0 Å². The highest BCUT2D eigenvalue weighted by Gasteiger charge is 2.16. The van der Waals surface area contributed by atoms with Gasteiger partial charge in [-0.1, -0.05) is 48.5 Å². The maximum absolute atomic E-state index is 12.7. The maximum Gasteiger partial charge on any atom is 0.315 e. The molecule has 0 saturated carbocycles. The number of para-hydroxylation sites is 1. The standard InChI is InChI=1S/C24H17NO3/c1-15-9-10-17-6-4-8-21(24(17)25-15)28-22(26)13-18-14-27-20-12-11-16-5-2-3-7-19(16)23(18)20/h2-12,14H,13H2,1H3. The van der Waals surface area contributed by atoms with Gasteiger partial charge in [-0.15, -0.1) is 0 Å². The van der Waals surface area contributed by atoms with Crippen LogP contribution in [0.4, 0.5) is 0 Å². The zero-order valence-electron chi connectivity index (χ0n) is 15.3. The number of fused-ring (bicyclic) bond motifs is 4. The second-order valence-electron chi connectivity index (χ2n) is 6.85. The molecule has 0 saturated heterocycles. The van der Waals surface area contributed by atoms with Gasteiger partial charge < -0.3 is 9.15 Å². The van der Waals surface area contributed by atoms with Gasteiger partial charge in [0, 0.05) is 22.0 Å². The Morgan fingerprint density at radius 2 is 1.79 bits per heavy atom. The topological polar surface area (TPSA) is 52.3 Å². The summed E-state index contributed by atoms with van der Waals surface area (Å²) in [4.78, 5) is 17.2. The van der Waals surface area contributed by atoms with Crippen LogP contribution in [0.2, 0.25) is 0 Å². The second kappa shape index (κ2) is 6.50. The molecule has 0 aliphatic rings. The molecule has 5 aromatic rings. The Morgan fingerprint density at radius 3 is 2.71 bits per heavy atom. The summed E-state index contributed by atoms with van der Waals surface area (Å²) in [6, 6.07) is 21.5. The van der Waals surface area contributed by atoms with Crippen LogP contribution in [0.3, 0.4) is 0 Å². The Balaban J connectivity index is 1.50. The molecule has 4 nitrogen and oxygen atoms in total. The van der Waals surface area contributed by atoms with Gasteiger partial charge in [-0.25, -0.2) is 4.98 Å². The molecule has 0 atom stereocenters. The Hall–Kier alpha value is -3.66. The minimum Gasteiger partial charge on any atom is -0.464 e. The van der Waals surface area contributed by atoms with Crippen molar-refractivity contribution in [1.29, 1.82) is 0 Å². The van der Waals surface area contributed by atoms with E-state index in [-0.39, 0.29) is 12.4 Å². The Bertz CT molecular complexity index is 1350. The quantitative estimate of drug-likeness (QED) is 0.308. The third kappa shape index (κ3) is 2.79. The largest absolute Gasteiger partial charge is 0.464 e. The Kier molecular flexibility index (Phi) is 3.83. The van der Waals surface area contributed by atoms with Crippen molar-refractivity contribution in [1.82, 2.24) is 4.98 Å². The first-order valence-electron chi connectivity index (χ1n) is 9.14. The molecule has 0 spiro atoms. The summed E-state index contributed by atoms with van der Waals surface area (Å²) >= 11 is 0. The molecule has 5 rings (SSSR count). The first-order chi connectivity index (χ1) is 13.7. The number of esters is 1. The van der Waals surface area contributed by atoms with Gasteiger partial charge in [-0.05, 0) is 35.9 Å². The lowest BCUT2D eigenvalue weighted by Crippen LogP contribution is -2.11. The molecule has 0 aliphatic carbocycles. The number of nitrogens with zero attached hydrogens (tertiary/aromatic N) is 1. The zero-order valence-corrected chi connectivity index (χ0v) is 15.3. The van der Waals surface area contributed by atoms with Gasteiger partial charge in [0.1, 0.15) is 11.1 Å². The van der Waals surface area contributed by atoms with Crippen molar-refractivity contribution in [2.24, 2.45) is 0 Å². The first-order valence-corrected chi connectivity index (χ1v) is 9.14. The van der Waals surface area contributed by atoms with Crippen molar-refractivity contribution in [3.63, 3.8) is 0 Å². The van der Waals surface area contributed by atoms with E-state index in [0.717, 1.165) is 38.4 Å². The van der Waals surface area contributed by atoms with Crippen molar-refractivity contribution >= 4 is 38.6 Å². The molecule has 0 aliphatic heterocycles. The average Bonchev–Trinajstić information content (AvgIpc) is 3.11. The highest BCUT2D eigenvalue weighted by molar-refractivity contribution is 6.08. The molecule has 0 unspecified atom stereocenters. The zero-order chi connectivity index (χ0) is 19.1. The number of furan rings is 1. The fourth-order valence-electron chi connectivity index (χ4n) is 3.62. The molecule has 28 heavy (non-hydrogen) atoms. The molecule has 0 amide bonds. The van der Waals surface area contributed by atoms with E-state index < -0.39 is 0 Å². The van der Waals surface area contributed by atoms with E-state index in [1.165, 1.54) is 0 Å². The third-order valence-corrected chi connectivity index (χ3v) is 4.92. The van der Waals surface area contributed by atoms with E-state index in [1.54, 1.807) is 12.3 Å². The molecule has 3 aromatic carbocycles. The van der Waals surface area contributed by atoms with Crippen LogP contribution < -0.4 is 4.74 Å². The van der Waals surface area contributed by atoms with Crippen molar-refractivity contribution in [2.75, 3.05) is 0 Å². The fourth-order valence-corrected chi connectivity index (χ4v) is 3.62. The van der Waals surface area contributed by atoms with E-state index in [9.17, 15) is 4.79 Å². The summed E-state index contributed by atoms with van der Waals surface area (Å²) in [5.74, 6) is 0.135. The van der Waals surface area contributed by atoms with Gasteiger partial charge in [-0.2, -0.15) is 0 Å². The van der Waals surface area contributed by atoms with Crippen molar-refractivity contribution in [3.05, 3.63) is 84.3 Å². The van der Waals surface area contributed by atoms with Crippen LogP contribution in [0.25, 0.3) is 32.6 Å². The first kappa shape index (κ1) is 16.5. The van der Waals surface area contributed by atoms with E-state index in [4.69, 9.17) is 9.15 Å². The normalized spacial score (nSPS) is 11.3. The summed E-state index contributed by atoms with van der Waals surface area (Å²) in [5, 5.41) is 4.08. The van der Waals surface area contributed by atoms with Gasteiger partial charge in [0.2, 0.25) is 0 Å². The van der Waals surface area contributed by atoms with E-state index in [1.807, 2.05) is 67.6 Å². The number of benzene rings is 3. The summed E-state index contributed by atoms with van der Waals surface area (Å²) in [6.45, 7) is 1.92. The van der Waals surface area contributed by atoms with E-state index >= 15 is 0 Å². The number of aryl methyl sites for hydroxylation is 1.